The molecular weight excluding hydrogens is 385 g/mol. The number of hydrogen-bond acceptors (Lipinski definition) is 4. The van der Waals surface area contributed by atoms with E-state index in [0.29, 0.717) is 29.8 Å². The van der Waals surface area contributed by atoms with Gasteiger partial charge >= 0.3 is 6.03 Å². The number of carbonyl (C=O) groups is 1. The Morgan fingerprint density at radius 2 is 1.86 bits per heavy atom. The molecule has 29 heavy (non-hydrogen) atoms. The first-order valence-corrected chi connectivity index (χ1v) is 9.20. The van der Waals surface area contributed by atoms with Gasteiger partial charge in [-0.15, -0.1) is 5.10 Å². The van der Waals surface area contributed by atoms with Crippen LogP contribution in [-0.2, 0) is 0 Å². The number of carbonyl (C=O) groups excluding carboxylic acids is 1. The summed E-state index contributed by atoms with van der Waals surface area (Å²) in [5, 5.41) is 7.62. The van der Waals surface area contributed by atoms with E-state index in [1.54, 1.807) is 12.4 Å². The van der Waals surface area contributed by atoms with E-state index >= 15 is 0 Å². The Kier molecular flexibility index (Phi) is 4.07. The van der Waals surface area contributed by atoms with Crippen molar-refractivity contribution in [2.24, 2.45) is 0 Å². The number of fused-ring (bicyclic) bond motifs is 1. The predicted molar refractivity (Wildman–Crippen MR) is 101 cm³/mol. The third kappa shape index (κ3) is 3.24. The maximum absolute atomic E-state index is 14.4. The van der Waals surface area contributed by atoms with E-state index in [1.165, 1.54) is 27.8 Å². The number of nitrogens with one attached hydrogen (secondary N) is 1. The van der Waals surface area contributed by atoms with Gasteiger partial charge in [-0.3, -0.25) is 0 Å². The summed E-state index contributed by atoms with van der Waals surface area (Å²) >= 11 is 0. The number of amides is 2. The van der Waals surface area contributed by atoms with Crippen molar-refractivity contribution >= 4 is 28.4 Å². The van der Waals surface area contributed by atoms with Crippen LogP contribution in [0.1, 0.15) is 0 Å². The highest BCUT2D eigenvalue weighted by Gasteiger charge is 2.30. The van der Waals surface area contributed by atoms with E-state index in [0.717, 1.165) is 5.69 Å². The minimum Gasteiger partial charge on any atom is -0.364 e. The normalized spacial score (nSPS) is 17.3. The largest absolute Gasteiger partial charge is 0.364 e. The van der Waals surface area contributed by atoms with Gasteiger partial charge in [0.25, 0.3) is 0 Å². The van der Waals surface area contributed by atoms with E-state index < -0.39 is 24.2 Å². The van der Waals surface area contributed by atoms with Gasteiger partial charge in [-0.2, -0.15) is 0 Å². The van der Waals surface area contributed by atoms with Gasteiger partial charge < -0.3 is 15.1 Å². The molecule has 0 aliphatic carbocycles. The Labute approximate surface area is 163 Å². The van der Waals surface area contributed by atoms with Crippen molar-refractivity contribution in [1.29, 1.82) is 0 Å². The Morgan fingerprint density at radius 1 is 1.10 bits per heavy atom. The Balaban J connectivity index is 1.40. The SMILES string of the molecule is O=C(Nc1ccc(F)c(-n2cc3cc(N4CC(F)C4)cnc3n2)c1)N1CC(F)C1. The molecular formula is C19H17F3N6O. The molecule has 0 atom stereocenters. The summed E-state index contributed by atoms with van der Waals surface area (Å²) in [7, 11) is 0. The monoisotopic (exact) mass is 402 g/mol. The maximum atomic E-state index is 14.4. The second-order valence-electron chi connectivity index (χ2n) is 7.28. The van der Waals surface area contributed by atoms with Crippen LogP contribution >= 0.6 is 0 Å². The number of halogens is 3. The van der Waals surface area contributed by atoms with Crippen molar-refractivity contribution in [3.63, 3.8) is 0 Å². The fraction of sp³-hybridized carbons (Fsp3) is 0.316. The standard InChI is InChI=1S/C19H17F3N6O/c20-12-7-26(8-12)15-3-11-6-28(25-18(11)23-5-15)17-4-14(1-2-16(17)22)24-19(29)27-9-13(21)10-27/h1-6,12-13H,7-10H2,(H,24,29). The van der Waals surface area contributed by atoms with Crippen LogP contribution in [-0.4, -0.2) is 64.2 Å². The summed E-state index contributed by atoms with van der Waals surface area (Å²) in [5.74, 6) is -0.521. The van der Waals surface area contributed by atoms with Crippen molar-refractivity contribution < 1.29 is 18.0 Å². The van der Waals surface area contributed by atoms with Gasteiger partial charge in [-0.1, -0.05) is 0 Å². The number of nitrogens with zero attached hydrogens (tertiary/aromatic N) is 5. The summed E-state index contributed by atoms with van der Waals surface area (Å²) in [5.41, 5.74) is 1.72. The Hall–Kier alpha value is -3.30. The van der Waals surface area contributed by atoms with Crippen LogP contribution in [0.2, 0.25) is 0 Å². The van der Waals surface area contributed by atoms with E-state index in [4.69, 9.17) is 0 Å². The molecule has 0 saturated carbocycles. The molecule has 1 N–H and O–H groups in total. The lowest BCUT2D eigenvalue weighted by atomic mass is 10.1. The molecule has 2 aliphatic rings. The second-order valence-corrected chi connectivity index (χ2v) is 7.28. The van der Waals surface area contributed by atoms with Gasteiger partial charge in [0, 0.05) is 17.3 Å². The van der Waals surface area contributed by atoms with Gasteiger partial charge in [0.1, 0.15) is 23.8 Å². The highest BCUT2D eigenvalue weighted by atomic mass is 19.1. The molecule has 2 fully saturated rings. The van der Waals surface area contributed by atoms with Crippen molar-refractivity contribution in [3.05, 3.63) is 42.5 Å². The Morgan fingerprint density at radius 3 is 2.59 bits per heavy atom. The number of hydrogen-bond donors (Lipinski definition) is 1. The first-order chi connectivity index (χ1) is 14.0. The molecule has 2 aliphatic heterocycles. The highest BCUT2D eigenvalue weighted by Crippen LogP contribution is 2.26. The number of pyridine rings is 1. The van der Waals surface area contributed by atoms with Crippen LogP contribution in [0.3, 0.4) is 0 Å². The molecule has 0 unspecified atom stereocenters. The zero-order chi connectivity index (χ0) is 20.1. The predicted octanol–water partition coefficient (Wildman–Crippen LogP) is 2.90. The maximum Gasteiger partial charge on any atom is 0.322 e. The Bertz CT molecular complexity index is 1090. The molecule has 4 heterocycles. The number of anilines is 2. The lowest BCUT2D eigenvalue weighted by molar-refractivity contribution is 0.0974. The second kappa shape index (κ2) is 6.64. The zero-order valence-electron chi connectivity index (χ0n) is 15.2. The molecule has 2 aromatic heterocycles. The van der Waals surface area contributed by atoms with Crippen molar-refractivity contribution in [2.45, 2.75) is 12.3 Å². The van der Waals surface area contributed by atoms with Gasteiger partial charge in [0.2, 0.25) is 0 Å². The van der Waals surface area contributed by atoms with Gasteiger partial charge in [0.05, 0.1) is 38.1 Å². The summed E-state index contributed by atoms with van der Waals surface area (Å²) in [6.07, 6.45) is 1.42. The van der Waals surface area contributed by atoms with E-state index in [-0.39, 0.29) is 18.8 Å². The molecule has 0 spiro atoms. The van der Waals surface area contributed by atoms with Gasteiger partial charge in [-0.05, 0) is 24.3 Å². The van der Waals surface area contributed by atoms with Crippen molar-refractivity contribution in [1.82, 2.24) is 19.7 Å². The minimum absolute atomic E-state index is 0.0542. The number of urea groups is 1. The average molecular weight is 402 g/mol. The van der Waals surface area contributed by atoms with Crippen LogP contribution < -0.4 is 10.2 Å². The number of benzene rings is 1. The van der Waals surface area contributed by atoms with Crippen LogP contribution in [0.15, 0.2) is 36.7 Å². The topological polar surface area (TPSA) is 66.3 Å². The third-order valence-electron chi connectivity index (χ3n) is 5.12. The molecule has 5 rings (SSSR count). The number of rotatable bonds is 3. The first kappa shape index (κ1) is 17.8. The molecule has 0 bridgehead atoms. The molecule has 2 amide bonds. The van der Waals surface area contributed by atoms with Crippen LogP contribution in [0.4, 0.5) is 29.3 Å². The van der Waals surface area contributed by atoms with E-state index in [2.05, 4.69) is 15.4 Å². The highest BCUT2D eigenvalue weighted by molar-refractivity contribution is 5.90. The molecule has 3 aromatic rings. The third-order valence-corrected chi connectivity index (χ3v) is 5.12. The van der Waals surface area contributed by atoms with E-state index in [1.807, 2.05) is 11.0 Å². The fourth-order valence-electron chi connectivity index (χ4n) is 3.40. The van der Waals surface area contributed by atoms with Crippen molar-refractivity contribution in [3.8, 4) is 5.69 Å². The summed E-state index contributed by atoms with van der Waals surface area (Å²) in [4.78, 5) is 19.5. The first-order valence-electron chi connectivity index (χ1n) is 9.20. The molecule has 10 heteroatoms. The molecule has 150 valence electrons. The van der Waals surface area contributed by atoms with Crippen LogP contribution in [0, 0.1) is 5.82 Å². The number of aromatic nitrogens is 3. The van der Waals surface area contributed by atoms with Crippen LogP contribution in [0.25, 0.3) is 16.7 Å². The number of likely N-dealkylation sites (tertiary alicyclic amines) is 1. The fourth-order valence-corrected chi connectivity index (χ4v) is 3.40. The van der Waals surface area contributed by atoms with Gasteiger partial charge in [0.15, 0.2) is 5.65 Å². The molecule has 1 aromatic carbocycles. The molecule has 2 saturated heterocycles. The summed E-state index contributed by atoms with van der Waals surface area (Å²) < 4.78 is 41.8. The lowest BCUT2D eigenvalue weighted by Crippen LogP contribution is -2.53. The lowest BCUT2D eigenvalue weighted by Gasteiger charge is -2.36. The minimum atomic E-state index is -0.995. The summed E-state index contributed by atoms with van der Waals surface area (Å²) in [6, 6.07) is 5.51. The average Bonchev–Trinajstić information content (AvgIpc) is 3.07. The summed E-state index contributed by atoms with van der Waals surface area (Å²) in [6.45, 7) is 0.771. The van der Waals surface area contributed by atoms with Gasteiger partial charge in [-0.25, -0.2) is 27.6 Å². The molecule has 0 radical (unpaired) electrons. The van der Waals surface area contributed by atoms with E-state index in [9.17, 15) is 18.0 Å². The molecule has 7 nitrogen and oxygen atoms in total. The smallest absolute Gasteiger partial charge is 0.322 e. The zero-order valence-corrected chi connectivity index (χ0v) is 15.2. The van der Waals surface area contributed by atoms with Crippen LogP contribution in [0.5, 0.6) is 0 Å². The quantitative estimate of drug-likeness (QED) is 0.732. The number of alkyl halides is 2. The van der Waals surface area contributed by atoms with Crippen molar-refractivity contribution in [2.75, 3.05) is 36.4 Å².